The zero-order chi connectivity index (χ0) is 13.3. The molecule has 0 radical (unpaired) electrons. The highest BCUT2D eigenvalue weighted by Crippen LogP contribution is 2.33. The van der Waals surface area contributed by atoms with Crippen LogP contribution >= 0.6 is 11.3 Å². The quantitative estimate of drug-likeness (QED) is 0.761. The molecule has 0 aliphatic carbocycles. The number of carbonyl (C=O) groups excluding carboxylic acids is 1. The molecule has 0 spiro atoms. The molecule has 3 heteroatoms. The summed E-state index contributed by atoms with van der Waals surface area (Å²) in [6.45, 7) is 6.05. The highest BCUT2D eigenvalue weighted by Gasteiger charge is 2.16. The van der Waals surface area contributed by atoms with Gasteiger partial charge in [0.15, 0.2) is 5.78 Å². The third kappa shape index (κ3) is 2.27. The van der Waals surface area contributed by atoms with Gasteiger partial charge in [-0.3, -0.25) is 4.79 Å². The molecule has 2 aromatic rings. The molecule has 2 rings (SSSR count). The summed E-state index contributed by atoms with van der Waals surface area (Å²) >= 11 is 1.56. The molecule has 2 nitrogen and oxygen atoms in total. The first-order chi connectivity index (χ1) is 8.56. The molecule has 0 bridgehead atoms. The molecular formula is C15H18O2S. The molecule has 1 aromatic heterocycles. The Labute approximate surface area is 112 Å². The van der Waals surface area contributed by atoms with Crippen molar-refractivity contribution in [1.82, 2.24) is 0 Å². The molecule has 1 atom stereocenters. The SMILES string of the molecule is CCC(C)C(=O)c1cc2cc(C)c(OC)cc2s1. The van der Waals surface area contributed by atoms with Crippen LogP contribution in [0.2, 0.25) is 0 Å². The number of hydrogen-bond donors (Lipinski definition) is 0. The number of methoxy groups -OCH3 is 1. The zero-order valence-corrected chi connectivity index (χ0v) is 12.1. The summed E-state index contributed by atoms with van der Waals surface area (Å²) in [7, 11) is 1.67. The van der Waals surface area contributed by atoms with E-state index in [0.29, 0.717) is 0 Å². The number of ether oxygens (including phenoxy) is 1. The summed E-state index contributed by atoms with van der Waals surface area (Å²) in [5, 5.41) is 1.13. The van der Waals surface area contributed by atoms with E-state index in [1.807, 2.05) is 32.9 Å². The highest BCUT2D eigenvalue weighted by molar-refractivity contribution is 7.20. The van der Waals surface area contributed by atoms with Gasteiger partial charge in [0, 0.05) is 10.6 Å². The van der Waals surface area contributed by atoms with Crippen LogP contribution in [-0.2, 0) is 0 Å². The fraction of sp³-hybridized carbons (Fsp3) is 0.400. The third-order valence-corrected chi connectivity index (χ3v) is 4.45. The van der Waals surface area contributed by atoms with Crippen LogP contribution in [0.25, 0.3) is 10.1 Å². The maximum Gasteiger partial charge on any atom is 0.175 e. The van der Waals surface area contributed by atoms with Crippen molar-refractivity contribution in [3.8, 4) is 5.75 Å². The van der Waals surface area contributed by atoms with Gasteiger partial charge in [-0.25, -0.2) is 0 Å². The van der Waals surface area contributed by atoms with E-state index in [9.17, 15) is 4.79 Å². The van der Waals surface area contributed by atoms with Crippen molar-refractivity contribution in [1.29, 1.82) is 0 Å². The lowest BCUT2D eigenvalue weighted by molar-refractivity contribution is 0.0931. The molecule has 1 heterocycles. The number of aryl methyl sites for hydroxylation is 1. The van der Waals surface area contributed by atoms with Gasteiger partial charge in [0.2, 0.25) is 0 Å². The second-order valence-corrected chi connectivity index (χ2v) is 5.73. The Morgan fingerprint density at radius 1 is 1.39 bits per heavy atom. The van der Waals surface area contributed by atoms with Gasteiger partial charge in [-0.1, -0.05) is 13.8 Å². The largest absolute Gasteiger partial charge is 0.496 e. The normalized spacial score (nSPS) is 12.7. The summed E-state index contributed by atoms with van der Waals surface area (Å²) in [4.78, 5) is 13.0. The predicted molar refractivity (Wildman–Crippen MR) is 76.9 cm³/mol. The predicted octanol–water partition coefficient (Wildman–Crippen LogP) is 4.45. The second kappa shape index (κ2) is 5.11. The second-order valence-electron chi connectivity index (χ2n) is 4.64. The minimum Gasteiger partial charge on any atom is -0.496 e. The molecule has 0 aliphatic heterocycles. The first-order valence-corrected chi connectivity index (χ1v) is 7.00. The maximum absolute atomic E-state index is 12.2. The Morgan fingerprint density at radius 3 is 2.72 bits per heavy atom. The van der Waals surface area contributed by atoms with Gasteiger partial charge in [-0.05, 0) is 42.5 Å². The molecule has 0 amide bonds. The number of thiophene rings is 1. The van der Waals surface area contributed by atoms with E-state index in [1.165, 1.54) is 0 Å². The topological polar surface area (TPSA) is 26.3 Å². The smallest absolute Gasteiger partial charge is 0.175 e. The molecule has 1 unspecified atom stereocenters. The van der Waals surface area contributed by atoms with E-state index in [-0.39, 0.29) is 11.7 Å². The van der Waals surface area contributed by atoms with Crippen LogP contribution in [0.1, 0.15) is 35.5 Å². The number of rotatable bonds is 4. The molecular weight excluding hydrogens is 244 g/mol. The molecule has 0 saturated heterocycles. The average Bonchev–Trinajstić information content (AvgIpc) is 2.78. The van der Waals surface area contributed by atoms with Crippen LogP contribution in [0.3, 0.4) is 0 Å². The Hall–Kier alpha value is -1.35. The van der Waals surface area contributed by atoms with E-state index >= 15 is 0 Å². The van der Waals surface area contributed by atoms with Crippen LogP contribution in [-0.4, -0.2) is 12.9 Å². The molecule has 0 N–H and O–H groups in total. The lowest BCUT2D eigenvalue weighted by Gasteiger charge is -2.03. The maximum atomic E-state index is 12.2. The van der Waals surface area contributed by atoms with Crippen molar-refractivity contribution in [3.05, 3.63) is 28.6 Å². The van der Waals surface area contributed by atoms with E-state index in [4.69, 9.17) is 4.74 Å². The monoisotopic (exact) mass is 262 g/mol. The Balaban J connectivity index is 2.47. The fourth-order valence-electron chi connectivity index (χ4n) is 1.95. The third-order valence-electron chi connectivity index (χ3n) is 3.34. The van der Waals surface area contributed by atoms with Crippen molar-refractivity contribution in [2.75, 3.05) is 7.11 Å². The van der Waals surface area contributed by atoms with Crippen molar-refractivity contribution in [3.63, 3.8) is 0 Å². The number of Topliss-reactive ketones (excluding diaryl/α,β-unsaturated/α-hetero) is 1. The summed E-state index contributed by atoms with van der Waals surface area (Å²) in [6.07, 6.45) is 0.884. The number of hydrogen-bond acceptors (Lipinski definition) is 3. The standard InChI is InChI=1S/C15H18O2S/c1-5-9(2)15(16)14-7-11-6-10(3)12(17-4)8-13(11)18-14/h6-9H,5H2,1-4H3. The van der Waals surface area contributed by atoms with Crippen LogP contribution in [0.15, 0.2) is 18.2 Å². The number of carbonyl (C=O) groups is 1. The average molecular weight is 262 g/mol. The van der Waals surface area contributed by atoms with Crippen molar-refractivity contribution < 1.29 is 9.53 Å². The van der Waals surface area contributed by atoms with Crippen LogP contribution in [0.5, 0.6) is 5.75 Å². The molecule has 0 saturated carbocycles. The Kier molecular flexibility index (Phi) is 3.71. The van der Waals surface area contributed by atoms with Gasteiger partial charge in [0.05, 0.1) is 12.0 Å². The Morgan fingerprint density at radius 2 is 2.11 bits per heavy atom. The van der Waals surface area contributed by atoms with Crippen LogP contribution in [0, 0.1) is 12.8 Å². The highest BCUT2D eigenvalue weighted by atomic mass is 32.1. The molecule has 18 heavy (non-hydrogen) atoms. The number of ketones is 1. The summed E-state index contributed by atoms with van der Waals surface area (Å²) in [5.74, 6) is 1.23. The van der Waals surface area contributed by atoms with Gasteiger partial charge in [-0.2, -0.15) is 0 Å². The molecule has 1 aromatic carbocycles. The lowest BCUT2D eigenvalue weighted by Crippen LogP contribution is -2.07. The number of fused-ring (bicyclic) bond motifs is 1. The van der Waals surface area contributed by atoms with Gasteiger partial charge in [-0.15, -0.1) is 11.3 Å². The lowest BCUT2D eigenvalue weighted by atomic mass is 10.0. The van der Waals surface area contributed by atoms with Gasteiger partial charge in [0.1, 0.15) is 5.75 Å². The van der Waals surface area contributed by atoms with E-state index < -0.39 is 0 Å². The van der Waals surface area contributed by atoms with Crippen LogP contribution < -0.4 is 4.74 Å². The zero-order valence-electron chi connectivity index (χ0n) is 11.2. The van der Waals surface area contributed by atoms with Crippen molar-refractivity contribution in [2.45, 2.75) is 27.2 Å². The van der Waals surface area contributed by atoms with Crippen LogP contribution in [0.4, 0.5) is 0 Å². The van der Waals surface area contributed by atoms with Gasteiger partial charge < -0.3 is 4.74 Å². The van der Waals surface area contributed by atoms with Crippen molar-refractivity contribution >= 4 is 27.2 Å². The summed E-state index contributed by atoms with van der Waals surface area (Å²) in [6, 6.07) is 6.10. The molecule has 0 fully saturated rings. The van der Waals surface area contributed by atoms with Gasteiger partial charge >= 0.3 is 0 Å². The molecule has 0 aliphatic rings. The minimum atomic E-state index is 0.0982. The van der Waals surface area contributed by atoms with Crippen molar-refractivity contribution in [2.24, 2.45) is 5.92 Å². The first-order valence-electron chi connectivity index (χ1n) is 6.19. The minimum absolute atomic E-state index is 0.0982. The fourth-order valence-corrected chi connectivity index (χ4v) is 3.08. The van der Waals surface area contributed by atoms with E-state index in [1.54, 1.807) is 18.4 Å². The molecule has 96 valence electrons. The van der Waals surface area contributed by atoms with E-state index in [2.05, 4.69) is 6.07 Å². The number of benzene rings is 1. The summed E-state index contributed by atoms with van der Waals surface area (Å²) < 4.78 is 6.43. The Bertz CT molecular complexity index is 583. The van der Waals surface area contributed by atoms with Gasteiger partial charge in [0.25, 0.3) is 0 Å². The first kappa shape index (κ1) is 13.1. The summed E-state index contributed by atoms with van der Waals surface area (Å²) in [5.41, 5.74) is 1.10. The van der Waals surface area contributed by atoms with E-state index in [0.717, 1.165) is 32.7 Å².